The molecule has 144 valence electrons. The third-order valence-corrected chi connectivity index (χ3v) is 5.39. The van der Waals surface area contributed by atoms with Gasteiger partial charge >= 0.3 is 5.91 Å². The van der Waals surface area contributed by atoms with E-state index in [1.807, 2.05) is 14.0 Å². The average Bonchev–Trinajstić information content (AvgIpc) is 2.58. The molecule has 3 nitrogen and oxygen atoms in total. The summed E-state index contributed by atoms with van der Waals surface area (Å²) in [6.07, 6.45) is 18.0. The summed E-state index contributed by atoms with van der Waals surface area (Å²) < 4.78 is 0.384. The lowest BCUT2D eigenvalue weighted by Crippen LogP contribution is -2.50. The Balaban J connectivity index is 3.40. The molecule has 0 saturated heterocycles. The molecule has 0 saturated carbocycles. The quantitative estimate of drug-likeness (QED) is 0.282. The fourth-order valence-corrected chi connectivity index (χ4v) is 3.24. The van der Waals surface area contributed by atoms with Crippen LogP contribution in [0.25, 0.3) is 0 Å². The monoisotopic (exact) mass is 342 g/mol. The molecule has 1 amide bonds. The van der Waals surface area contributed by atoms with Crippen molar-refractivity contribution in [3.63, 3.8) is 0 Å². The van der Waals surface area contributed by atoms with E-state index in [2.05, 4.69) is 6.92 Å². The SMILES string of the molecule is CCCCCCCCCCCCCCCC(=O)[N+](C)(CC)CCO. The Morgan fingerprint density at radius 2 is 1.17 bits per heavy atom. The molecule has 0 aromatic carbocycles. The van der Waals surface area contributed by atoms with Gasteiger partial charge in [-0.25, -0.2) is 4.79 Å². The number of rotatable bonds is 17. The van der Waals surface area contributed by atoms with Crippen LogP contribution in [0, 0.1) is 0 Å². The van der Waals surface area contributed by atoms with Crippen molar-refractivity contribution in [3.8, 4) is 0 Å². The van der Waals surface area contributed by atoms with Crippen molar-refractivity contribution >= 4 is 5.91 Å². The highest BCUT2D eigenvalue weighted by molar-refractivity contribution is 5.68. The maximum Gasteiger partial charge on any atom is 0.313 e. The van der Waals surface area contributed by atoms with Crippen LogP contribution in [-0.4, -0.2) is 42.2 Å². The summed E-state index contributed by atoms with van der Waals surface area (Å²) in [5.41, 5.74) is 0. The summed E-state index contributed by atoms with van der Waals surface area (Å²) in [5, 5.41) is 9.10. The highest BCUT2D eigenvalue weighted by atomic mass is 16.3. The number of likely N-dealkylation sites (N-methyl/N-ethyl adjacent to an activating group) is 1. The Bertz CT molecular complexity index is 294. The van der Waals surface area contributed by atoms with Crippen LogP contribution in [0.3, 0.4) is 0 Å². The van der Waals surface area contributed by atoms with E-state index in [9.17, 15) is 4.79 Å². The molecular weight excluding hydrogens is 298 g/mol. The lowest BCUT2D eigenvalue weighted by Gasteiger charge is -2.29. The molecule has 1 N–H and O–H groups in total. The summed E-state index contributed by atoms with van der Waals surface area (Å²) in [4.78, 5) is 12.2. The Morgan fingerprint density at radius 1 is 0.750 bits per heavy atom. The molecule has 0 spiro atoms. The van der Waals surface area contributed by atoms with Gasteiger partial charge in [0.1, 0.15) is 6.54 Å². The Labute approximate surface area is 151 Å². The minimum Gasteiger partial charge on any atom is -0.390 e. The van der Waals surface area contributed by atoms with Gasteiger partial charge < -0.3 is 5.11 Å². The third-order valence-electron chi connectivity index (χ3n) is 5.39. The number of aliphatic hydroxyl groups is 1. The normalized spacial score (nSPS) is 13.8. The molecule has 0 aliphatic heterocycles. The van der Waals surface area contributed by atoms with E-state index >= 15 is 0 Å². The number of hydrogen-bond acceptors (Lipinski definition) is 2. The fourth-order valence-electron chi connectivity index (χ4n) is 3.24. The van der Waals surface area contributed by atoms with Crippen molar-refractivity contribution in [1.82, 2.24) is 0 Å². The van der Waals surface area contributed by atoms with E-state index < -0.39 is 0 Å². The van der Waals surface area contributed by atoms with Gasteiger partial charge in [0.15, 0.2) is 0 Å². The first-order chi connectivity index (χ1) is 11.6. The van der Waals surface area contributed by atoms with E-state index in [-0.39, 0.29) is 12.5 Å². The van der Waals surface area contributed by atoms with Gasteiger partial charge in [0.2, 0.25) is 0 Å². The van der Waals surface area contributed by atoms with Gasteiger partial charge in [0.25, 0.3) is 0 Å². The highest BCUT2D eigenvalue weighted by Gasteiger charge is 2.27. The Kier molecular flexibility index (Phi) is 15.8. The number of carbonyl (C=O) groups excluding carboxylic acids is 1. The molecule has 0 aromatic rings. The molecule has 0 bridgehead atoms. The standard InChI is InChI=1S/C21H44NO2/c1-4-6-7-8-9-10-11-12-13-14-15-16-17-18-21(24)22(3,5-2)19-20-23/h23H,4-20H2,1-3H3/q+1. The molecule has 3 heteroatoms. The van der Waals surface area contributed by atoms with Crippen LogP contribution in [0.15, 0.2) is 0 Å². The molecule has 1 unspecified atom stereocenters. The second-order valence-corrected chi connectivity index (χ2v) is 7.55. The van der Waals surface area contributed by atoms with Gasteiger partial charge in [0, 0.05) is 0 Å². The molecule has 0 fully saturated rings. The van der Waals surface area contributed by atoms with Crippen molar-refractivity contribution in [2.75, 3.05) is 26.7 Å². The molecule has 24 heavy (non-hydrogen) atoms. The first kappa shape index (κ1) is 23.6. The molecule has 0 heterocycles. The van der Waals surface area contributed by atoms with Gasteiger partial charge in [0.05, 0.1) is 26.6 Å². The van der Waals surface area contributed by atoms with Crippen molar-refractivity contribution in [2.45, 2.75) is 104 Å². The molecule has 0 aromatic heterocycles. The van der Waals surface area contributed by atoms with Crippen molar-refractivity contribution in [1.29, 1.82) is 0 Å². The van der Waals surface area contributed by atoms with Gasteiger partial charge in [-0.3, -0.25) is 4.48 Å². The summed E-state index contributed by atoms with van der Waals surface area (Å²) in [6, 6.07) is 0. The fraction of sp³-hybridized carbons (Fsp3) is 0.952. The number of carbonyl (C=O) groups is 1. The second-order valence-electron chi connectivity index (χ2n) is 7.55. The predicted octanol–water partition coefficient (Wildman–Crippen LogP) is 5.45. The number of quaternary nitrogens is 1. The molecule has 0 aliphatic carbocycles. The van der Waals surface area contributed by atoms with Crippen LogP contribution in [0.1, 0.15) is 104 Å². The number of nitrogens with zero attached hydrogens (tertiary/aromatic N) is 1. The molecular formula is C21H44NO2+. The molecule has 0 rings (SSSR count). The number of unbranched alkanes of at least 4 members (excludes halogenated alkanes) is 12. The topological polar surface area (TPSA) is 37.3 Å². The van der Waals surface area contributed by atoms with E-state index in [1.54, 1.807) is 0 Å². The van der Waals surface area contributed by atoms with Crippen molar-refractivity contribution in [2.24, 2.45) is 0 Å². The van der Waals surface area contributed by atoms with Gasteiger partial charge in [-0.2, -0.15) is 0 Å². The summed E-state index contributed by atoms with van der Waals surface area (Å²) in [7, 11) is 1.95. The van der Waals surface area contributed by atoms with Gasteiger partial charge in [-0.1, -0.05) is 84.0 Å². The van der Waals surface area contributed by atoms with E-state index in [1.165, 1.54) is 77.0 Å². The van der Waals surface area contributed by atoms with Crippen LogP contribution in [0.4, 0.5) is 0 Å². The first-order valence-corrected chi connectivity index (χ1v) is 10.6. The van der Waals surface area contributed by atoms with Crippen molar-refractivity contribution in [3.05, 3.63) is 0 Å². The number of amides is 1. The van der Waals surface area contributed by atoms with Crippen LogP contribution in [0.5, 0.6) is 0 Å². The number of hydrogen-bond donors (Lipinski definition) is 1. The Morgan fingerprint density at radius 3 is 1.54 bits per heavy atom. The van der Waals surface area contributed by atoms with Crippen LogP contribution >= 0.6 is 0 Å². The highest BCUT2D eigenvalue weighted by Crippen LogP contribution is 2.14. The smallest absolute Gasteiger partial charge is 0.313 e. The third kappa shape index (κ3) is 12.0. The predicted molar refractivity (Wildman–Crippen MR) is 104 cm³/mol. The summed E-state index contributed by atoms with van der Waals surface area (Å²) >= 11 is 0. The lowest BCUT2D eigenvalue weighted by atomic mass is 10.0. The molecule has 0 radical (unpaired) electrons. The van der Waals surface area contributed by atoms with Gasteiger partial charge in [-0.05, 0) is 13.3 Å². The minimum absolute atomic E-state index is 0.0919. The maximum atomic E-state index is 12.2. The van der Waals surface area contributed by atoms with Crippen molar-refractivity contribution < 1.29 is 14.4 Å². The zero-order chi connectivity index (χ0) is 18.1. The lowest BCUT2D eigenvalue weighted by molar-refractivity contribution is -0.833. The first-order valence-electron chi connectivity index (χ1n) is 10.6. The van der Waals surface area contributed by atoms with Gasteiger partial charge in [-0.15, -0.1) is 0 Å². The second kappa shape index (κ2) is 16.1. The minimum atomic E-state index is 0.0919. The largest absolute Gasteiger partial charge is 0.390 e. The number of aliphatic hydroxyl groups excluding tert-OH is 1. The molecule has 1 atom stereocenters. The van der Waals surface area contributed by atoms with E-state index in [0.717, 1.165) is 13.0 Å². The summed E-state index contributed by atoms with van der Waals surface area (Å²) in [5.74, 6) is 0.287. The maximum absolute atomic E-state index is 12.2. The average molecular weight is 343 g/mol. The van der Waals surface area contributed by atoms with Crippen LogP contribution in [0.2, 0.25) is 0 Å². The van der Waals surface area contributed by atoms with E-state index in [4.69, 9.17) is 5.11 Å². The van der Waals surface area contributed by atoms with Crippen LogP contribution in [-0.2, 0) is 4.79 Å². The summed E-state index contributed by atoms with van der Waals surface area (Å²) in [6.45, 7) is 5.71. The zero-order valence-electron chi connectivity index (χ0n) is 16.8. The van der Waals surface area contributed by atoms with Crippen LogP contribution < -0.4 is 0 Å². The Hall–Kier alpha value is -0.410. The molecule has 0 aliphatic rings. The zero-order valence-corrected chi connectivity index (χ0v) is 16.8. The van der Waals surface area contributed by atoms with E-state index in [0.29, 0.717) is 17.4 Å².